The van der Waals surface area contributed by atoms with E-state index in [1.54, 1.807) is 48.7 Å². The van der Waals surface area contributed by atoms with E-state index in [0.29, 0.717) is 16.8 Å². The Bertz CT molecular complexity index is 919. The number of hydrogen-bond donors (Lipinski definition) is 2. The van der Waals surface area contributed by atoms with Crippen LogP contribution in [0.5, 0.6) is 0 Å². The lowest BCUT2D eigenvalue weighted by Crippen LogP contribution is -2.23. The molecule has 0 saturated carbocycles. The van der Waals surface area contributed by atoms with Crippen molar-refractivity contribution in [3.8, 4) is 0 Å². The number of nitrogens with two attached hydrogens (primary N) is 1. The molecule has 0 aliphatic rings. The first-order valence-corrected chi connectivity index (χ1v) is 8.23. The summed E-state index contributed by atoms with van der Waals surface area (Å²) in [5.74, 6) is 0. The average molecular weight is 386 g/mol. The smallest absolute Gasteiger partial charge is 0.241 e. The normalized spacial score (nSPS) is 10.7. The zero-order valence-corrected chi connectivity index (χ0v) is 15.0. The number of fused-ring (bicyclic) bond motifs is 1. The maximum Gasteiger partial charge on any atom is 0.241 e. The van der Waals surface area contributed by atoms with Gasteiger partial charge in [-0.2, -0.15) is 0 Å². The second kappa shape index (κ2) is 8.30. The van der Waals surface area contributed by atoms with E-state index in [0.717, 1.165) is 5.39 Å². The summed E-state index contributed by atoms with van der Waals surface area (Å²) >= 11 is 0. The van der Waals surface area contributed by atoms with Gasteiger partial charge in [0.05, 0.1) is 17.1 Å². The summed E-state index contributed by atoms with van der Waals surface area (Å²) in [5.41, 5.74) is 7.12. The molecule has 5 nitrogen and oxygen atoms in total. The number of benzene rings is 2. The highest BCUT2D eigenvalue weighted by Crippen LogP contribution is 2.26. The number of sulfonamides is 1. The van der Waals surface area contributed by atoms with Gasteiger partial charge in [0.2, 0.25) is 10.0 Å². The summed E-state index contributed by atoms with van der Waals surface area (Å²) in [7, 11) is -3.65. The number of halogens is 2. The Morgan fingerprint density at radius 3 is 2.33 bits per heavy atom. The van der Waals surface area contributed by atoms with Crippen LogP contribution in [-0.2, 0) is 16.6 Å². The number of pyridine rings is 1. The molecule has 0 radical (unpaired) electrons. The van der Waals surface area contributed by atoms with E-state index in [1.807, 2.05) is 12.1 Å². The van der Waals surface area contributed by atoms with Crippen LogP contribution in [0.2, 0.25) is 0 Å². The fraction of sp³-hybridized carbons (Fsp3) is 0.0625. The molecule has 1 heterocycles. The quantitative estimate of drug-likeness (QED) is 0.675. The van der Waals surface area contributed by atoms with E-state index in [9.17, 15) is 8.42 Å². The largest absolute Gasteiger partial charge is 0.398 e. The Labute approximate surface area is 153 Å². The molecule has 0 bridgehead atoms. The van der Waals surface area contributed by atoms with E-state index >= 15 is 0 Å². The molecule has 0 fully saturated rings. The molecule has 0 atom stereocenters. The fourth-order valence-corrected chi connectivity index (χ4v) is 3.51. The minimum atomic E-state index is -3.65. The van der Waals surface area contributed by atoms with Gasteiger partial charge in [-0.3, -0.25) is 4.98 Å². The van der Waals surface area contributed by atoms with Crippen LogP contribution in [0.1, 0.15) is 5.69 Å². The zero-order valence-electron chi connectivity index (χ0n) is 12.5. The molecule has 8 heteroatoms. The molecule has 0 unspecified atom stereocenters. The summed E-state index contributed by atoms with van der Waals surface area (Å²) in [4.78, 5) is 4.32. The first kappa shape index (κ1) is 20.2. The van der Waals surface area contributed by atoms with Crippen molar-refractivity contribution in [3.63, 3.8) is 0 Å². The summed E-state index contributed by atoms with van der Waals surface area (Å²) < 4.78 is 27.7. The molecule has 0 amide bonds. The third-order valence-electron chi connectivity index (χ3n) is 3.37. The molecular formula is C16H17Cl2N3O2S. The fourth-order valence-electron chi connectivity index (χ4n) is 2.29. The van der Waals surface area contributed by atoms with Gasteiger partial charge in [0.15, 0.2) is 0 Å². The van der Waals surface area contributed by atoms with Crippen molar-refractivity contribution in [2.45, 2.75) is 11.4 Å². The van der Waals surface area contributed by atoms with Gasteiger partial charge in [-0.1, -0.05) is 30.3 Å². The van der Waals surface area contributed by atoms with E-state index < -0.39 is 10.0 Å². The van der Waals surface area contributed by atoms with Crippen LogP contribution in [0.4, 0.5) is 5.69 Å². The zero-order chi connectivity index (χ0) is 15.6. The molecule has 3 aromatic rings. The number of nitrogens with zero attached hydrogens (tertiary/aromatic N) is 1. The van der Waals surface area contributed by atoms with Crippen LogP contribution in [0.25, 0.3) is 10.8 Å². The first-order valence-electron chi connectivity index (χ1n) is 6.75. The molecule has 128 valence electrons. The molecule has 0 spiro atoms. The average Bonchev–Trinajstić information content (AvgIpc) is 2.54. The highest BCUT2D eigenvalue weighted by Gasteiger charge is 2.17. The Morgan fingerprint density at radius 2 is 1.62 bits per heavy atom. The van der Waals surface area contributed by atoms with Crippen molar-refractivity contribution in [3.05, 3.63) is 66.5 Å². The lowest BCUT2D eigenvalue weighted by molar-refractivity contribution is 0.581. The molecular weight excluding hydrogens is 369 g/mol. The SMILES string of the molecule is Cl.Cl.Nc1cccc2c(S(=O)(=O)NCc3ccccn3)cccc12. The van der Waals surface area contributed by atoms with Crippen LogP contribution in [-0.4, -0.2) is 13.4 Å². The van der Waals surface area contributed by atoms with Gasteiger partial charge >= 0.3 is 0 Å². The molecule has 3 rings (SSSR count). The molecule has 0 saturated heterocycles. The number of nitrogen functional groups attached to an aromatic ring is 1. The van der Waals surface area contributed by atoms with Crippen molar-refractivity contribution in [2.75, 3.05) is 5.73 Å². The standard InChI is InChI=1S/C16H15N3O2S.2ClH/c17-15-8-3-7-14-13(15)6-4-9-16(14)22(20,21)19-11-12-5-1-2-10-18-12;;/h1-10,19H,11,17H2;2*1H. The van der Waals surface area contributed by atoms with Gasteiger partial charge in [0.1, 0.15) is 0 Å². The molecule has 1 aromatic heterocycles. The first-order chi connectivity index (χ1) is 10.6. The molecule has 24 heavy (non-hydrogen) atoms. The van der Waals surface area contributed by atoms with Gasteiger partial charge in [0.25, 0.3) is 0 Å². The molecule has 0 aliphatic carbocycles. The monoisotopic (exact) mass is 385 g/mol. The van der Waals surface area contributed by atoms with Gasteiger partial charge in [-0.25, -0.2) is 13.1 Å². The topological polar surface area (TPSA) is 85.1 Å². The maximum atomic E-state index is 12.6. The number of aromatic nitrogens is 1. The van der Waals surface area contributed by atoms with Crippen molar-refractivity contribution in [2.24, 2.45) is 0 Å². The minimum absolute atomic E-state index is 0. The number of hydrogen-bond acceptors (Lipinski definition) is 4. The van der Waals surface area contributed by atoms with E-state index in [-0.39, 0.29) is 36.3 Å². The maximum absolute atomic E-state index is 12.6. The third-order valence-corrected chi connectivity index (χ3v) is 4.83. The van der Waals surface area contributed by atoms with Crippen molar-refractivity contribution in [1.29, 1.82) is 0 Å². The highest BCUT2D eigenvalue weighted by atomic mass is 35.5. The molecule has 2 aromatic carbocycles. The van der Waals surface area contributed by atoms with Gasteiger partial charge in [-0.05, 0) is 24.3 Å². The van der Waals surface area contributed by atoms with E-state index in [1.165, 1.54) is 0 Å². The molecule has 3 N–H and O–H groups in total. The summed E-state index contributed by atoms with van der Waals surface area (Å²) in [6, 6.07) is 15.7. The minimum Gasteiger partial charge on any atom is -0.398 e. The lowest BCUT2D eigenvalue weighted by atomic mass is 10.1. The second-order valence-corrected chi connectivity index (χ2v) is 6.58. The Kier molecular flexibility index (Phi) is 6.98. The predicted molar refractivity (Wildman–Crippen MR) is 101 cm³/mol. The van der Waals surface area contributed by atoms with E-state index in [2.05, 4.69) is 9.71 Å². The second-order valence-electron chi connectivity index (χ2n) is 4.84. The Hall–Kier alpha value is -1.86. The van der Waals surface area contributed by atoms with Gasteiger partial charge < -0.3 is 5.73 Å². The van der Waals surface area contributed by atoms with Crippen molar-refractivity contribution >= 4 is 51.3 Å². The van der Waals surface area contributed by atoms with Crippen molar-refractivity contribution in [1.82, 2.24) is 9.71 Å². The van der Waals surface area contributed by atoms with Crippen LogP contribution in [0.3, 0.4) is 0 Å². The van der Waals surface area contributed by atoms with Crippen LogP contribution >= 0.6 is 24.8 Å². The summed E-state index contributed by atoms with van der Waals surface area (Å²) in [6.07, 6.45) is 1.63. The van der Waals surface area contributed by atoms with E-state index in [4.69, 9.17) is 5.73 Å². The lowest BCUT2D eigenvalue weighted by Gasteiger charge is -2.10. The van der Waals surface area contributed by atoms with Crippen molar-refractivity contribution < 1.29 is 8.42 Å². The number of rotatable bonds is 4. The Balaban J connectivity index is 0.00000144. The summed E-state index contributed by atoms with van der Waals surface area (Å²) in [6.45, 7) is 0.141. The van der Waals surface area contributed by atoms with Crippen LogP contribution < -0.4 is 10.5 Å². The van der Waals surface area contributed by atoms with Crippen LogP contribution in [0.15, 0.2) is 65.7 Å². The Morgan fingerprint density at radius 1 is 0.917 bits per heavy atom. The predicted octanol–water partition coefficient (Wildman–Crippen LogP) is 3.14. The molecule has 0 aliphatic heterocycles. The number of nitrogens with one attached hydrogen (secondary N) is 1. The van der Waals surface area contributed by atoms with Gasteiger partial charge in [0, 0.05) is 22.7 Å². The van der Waals surface area contributed by atoms with Gasteiger partial charge in [-0.15, -0.1) is 24.8 Å². The number of anilines is 1. The highest BCUT2D eigenvalue weighted by molar-refractivity contribution is 7.89. The van der Waals surface area contributed by atoms with Crippen LogP contribution in [0, 0.1) is 0 Å². The summed E-state index contributed by atoms with van der Waals surface area (Å²) in [5, 5.41) is 1.33. The third kappa shape index (κ3) is 4.15.